The monoisotopic (exact) mass is 389 g/mol. The Morgan fingerprint density at radius 2 is 2.15 bits per heavy atom. The molecule has 2 N–H and O–H groups in total. The Bertz CT molecular complexity index is 1080. The number of methoxy groups -OCH3 is 1. The fourth-order valence-electron chi connectivity index (χ4n) is 2.33. The molecule has 0 radical (unpaired) electrons. The number of carbonyl (C=O) groups is 1. The van der Waals surface area contributed by atoms with Crippen molar-refractivity contribution in [2.24, 2.45) is 5.10 Å². The molecule has 0 unspecified atom stereocenters. The number of aromatic hydroxyl groups is 1. The lowest BCUT2D eigenvalue weighted by Gasteiger charge is -2.05. The molecular weight excluding hydrogens is 378 g/mol. The molecule has 0 saturated heterocycles. The molecule has 1 aromatic heterocycles. The zero-order valence-corrected chi connectivity index (χ0v) is 14.6. The number of carbonyl (C=O) groups excluding carboxylic acids is 1. The van der Waals surface area contributed by atoms with Crippen LogP contribution in [0.5, 0.6) is 11.5 Å². The Balaban J connectivity index is 1.79. The SMILES string of the molecule is COc1cc(/C=N/NC(=O)c2cc3cc(Cl)ccc3o2)cc([N+](=O)[O-])c1O. The molecular formula is C17H12ClN3O6. The van der Waals surface area contributed by atoms with Crippen LogP contribution in [0.4, 0.5) is 5.69 Å². The number of rotatable bonds is 5. The Morgan fingerprint density at radius 3 is 2.85 bits per heavy atom. The lowest BCUT2D eigenvalue weighted by molar-refractivity contribution is -0.386. The first kappa shape index (κ1) is 18.2. The summed E-state index contributed by atoms with van der Waals surface area (Å²) in [5.41, 5.74) is 2.45. The molecule has 0 bridgehead atoms. The van der Waals surface area contributed by atoms with Gasteiger partial charge < -0.3 is 14.3 Å². The minimum atomic E-state index is -0.757. The molecule has 0 spiro atoms. The number of phenols is 1. The third kappa shape index (κ3) is 3.82. The van der Waals surface area contributed by atoms with Crippen molar-refractivity contribution in [3.05, 3.63) is 62.9 Å². The van der Waals surface area contributed by atoms with E-state index in [9.17, 15) is 20.0 Å². The lowest BCUT2D eigenvalue weighted by atomic mass is 10.2. The molecule has 10 heteroatoms. The van der Waals surface area contributed by atoms with E-state index in [-0.39, 0.29) is 17.1 Å². The van der Waals surface area contributed by atoms with Crippen LogP contribution in [-0.4, -0.2) is 29.3 Å². The average molecular weight is 390 g/mol. The van der Waals surface area contributed by atoms with Gasteiger partial charge in [-0.1, -0.05) is 11.6 Å². The lowest BCUT2D eigenvalue weighted by Crippen LogP contribution is -2.16. The highest BCUT2D eigenvalue weighted by Crippen LogP contribution is 2.36. The van der Waals surface area contributed by atoms with Crippen LogP contribution in [0.1, 0.15) is 16.1 Å². The van der Waals surface area contributed by atoms with E-state index in [1.54, 1.807) is 18.2 Å². The van der Waals surface area contributed by atoms with Crippen molar-refractivity contribution in [1.29, 1.82) is 0 Å². The van der Waals surface area contributed by atoms with Crippen molar-refractivity contribution >= 4 is 40.4 Å². The number of hydrogen-bond donors (Lipinski definition) is 2. The Morgan fingerprint density at radius 1 is 1.37 bits per heavy atom. The molecule has 2 aromatic carbocycles. The van der Waals surface area contributed by atoms with Gasteiger partial charge >= 0.3 is 11.6 Å². The summed E-state index contributed by atoms with van der Waals surface area (Å²) in [7, 11) is 1.26. The van der Waals surface area contributed by atoms with Gasteiger partial charge in [0.15, 0.2) is 11.5 Å². The van der Waals surface area contributed by atoms with E-state index in [4.69, 9.17) is 20.8 Å². The number of nitrogens with zero attached hydrogens (tertiary/aromatic N) is 2. The molecule has 0 aliphatic carbocycles. The number of amides is 1. The summed E-state index contributed by atoms with van der Waals surface area (Å²) in [6.45, 7) is 0. The summed E-state index contributed by atoms with van der Waals surface area (Å²) in [4.78, 5) is 22.3. The molecule has 0 aliphatic rings. The first-order valence-corrected chi connectivity index (χ1v) is 7.84. The zero-order valence-electron chi connectivity index (χ0n) is 13.8. The van der Waals surface area contributed by atoms with E-state index >= 15 is 0 Å². The average Bonchev–Trinajstić information content (AvgIpc) is 3.05. The number of furan rings is 1. The quantitative estimate of drug-likeness (QED) is 0.390. The van der Waals surface area contributed by atoms with E-state index in [0.717, 1.165) is 6.07 Å². The van der Waals surface area contributed by atoms with E-state index in [2.05, 4.69) is 10.5 Å². The molecule has 0 saturated carbocycles. The Kier molecular flexibility index (Phi) is 4.95. The predicted octanol–water partition coefficient (Wildman–Crippen LogP) is 3.47. The van der Waals surface area contributed by atoms with E-state index in [1.807, 2.05) is 0 Å². The van der Waals surface area contributed by atoms with Crippen LogP contribution >= 0.6 is 11.6 Å². The number of nitro groups is 1. The molecule has 138 valence electrons. The highest BCUT2D eigenvalue weighted by Gasteiger charge is 2.19. The topological polar surface area (TPSA) is 127 Å². The van der Waals surface area contributed by atoms with Gasteiger partial charge in [0.1, 0.15) is 5.58 Å². The number of nitrogens with one attached hydrogen (secondary N) is 1. The van der Waals surface area contributed by atoms with Crippen molar-refractivity contribution in [3.63, 3.8) is 0 Å². The normalized spacial score (nSPS) is 11.0. The van der Waals surface area contributed by atoms with Crippen molar-refractivity contribution in [2.45, 2.75) is 0 Å². The van der Waals surface area contributed by atoms with Gasteiger partial charge in [0.25, 0.3) is 0 Å². The Hall–Kier alpha value is -3.59. The van der Waals surface area contributed by atoms with Crippen LogP contribution in [0.15, 0.2) is 45.9 Å². The smallest absolute Gasteiger partial charge is 0.315 e. The molecule has 1 amide bonds. The van der Waals surface area contributed by atoms with Crippen LogP contribution < -0.4 is 10.2 Å². The second kappa shape index (κ2) is 7.34. The second-order valence-corrected chi connectivity index (χ2v) is 5.78. The van der Waals surface area contributed by atoms with Gasteiger partial charge in [-0.15, -0.1) is 0 Å². The molecule has 1 heterocycles. The van der Waals surface area contributed by atoms with Crippen LogP contribution in [0.25, 0.3) is 11.0 Å². The molecule has 3 rings (SSSR count). The van der Waals surface area contributed by atoms with Crippen LogP contribution in [0.2, 0.25) is 5.02 Å². The maximum atomic E-state index is 12.1. The number of hydrogen-bond acceptors (Lipinski definition) is 7. The van der Waals surface area contributed by atoms with Crippen molar-refractivity contribution in [2.75, 3.05) is 7.11 Å². The van der Waals surface area contributed by atoms with Gasteiger partial charge in [0.05, 0.1) is 18.2 Å². The number of ether oxygens (including phenoxy) is 1. The first-order chi connectivity index (χ1) is 12.9. The summed E-state index contributed by atoms with van der Waals surface area (Å²) >= 11 is 5.89. The maximum Gasteiger partial charge on any atom is 0.315 e. The van der Waals surface area contributed by atoms with Gasteiger partial charge in [0.2, 0.25) is 5.75 Å². The fourth-order valence-corrected chi connectivity index (χ4v) is 2.51. The predicted molar refractivity (Wildman–Crippen MR) is 97.6 cm³/mol. The number of phenolic OH excluding ortho intramolecular Hbond substituents is 1. The molecule has 0 atom stereocenters. The first-order valence-electron chi connectivity index (χ1n) is 7.47. The fraction of sp³-hybridized carbons (Fsp3) is 0.0588. The molecule has 0 aliphatic heterocycles. The molecule has 3 aromatic rings. The standard InChI is InChI=1S/C17H12ClN3O6/c1-26-14-5-9(4-12(16(14)22)21(24)25)8-19-20-17(23)15-7-10-6-11(18)2-3-13(10)27-15/h2-8,22H,1H3,(H,20,23)/b19-8+. The van der Waals surface area contributed by atoms with Gasteiger partial charge in [-0.05, 0) is 30.3 Å². The maximum absolute atomic E-state index is 12.1. The number of fused-ring (bicyclic) bond motifs is 1. The number of benzene rings is 2. The van der Waals surface area contributed by atoms with Crippen LogP contribution in [0, 0.1) is 10.1 Å². The van der Waals surface area contributed by atoms with Crippen LogP contribution in [-0.2, 0) is 0 Å². The zero-order chi connectivity index (χ0) is 19.6. The summed E-state index contributed by atoms with van der Waals surface area (Å²) in [5.74, 6) is -1.27. The van der Waals surface area contributed by atoms with E-state index in [1.165, 1.54) is 25.5 Å². The number of hydrazone groups is 1. The van der Waals surface area contributed by atoms with Gasteiger partial charge in [-0.3, -0.25) is 14.9 Å². The molecule has 0 fully saturated rings. The number of halogens is 1. The molecule has 9 nitrogen and oxygen atoms in total. The van der Waals surface area contributed by atoms with Gasteiger partial charge in [-0.25, -0.2) is 5.43 Å². The summed E-state index contributed by atoms with van der Waals surface area (Å²) in [6.07, 6.45) is 1.17. The van der Waals surface area contributed by atoms with E-state index < -0.39 is 22.3 Å². The summed E-state index contributed by atoms with van der Waals surface area (Å²) in [6, 6.07) is 8.87. The largest absolute Gasteiger partial charge is 0.500 e. The summed E-state index contributed by atoms with van der Waals surface area (Å²) in [5, 5.41) is 25.6. The highest BCUT2D eigenvalue weighted by atomic mass is 35.5. The van der Waals surface area contributed by atoms with Gasteiger partial charge in [-0.2, -0.15) is 5.10 Å². The second-order valence-electron chi connectivity index (χ2n) is 5.34. The van der Waals surface area contributed by atoms with Gasteiger partial charge in [0, 0.05) is 22.0 Å². The number of nitro benzene ring substituents is 1. The van der Waals surface area contributed by atoms with Crippen LogP contribution in [0.3, 0.4) is 0 Å². The van der Waals surface area contributed by atoms with E-state index in [0.29, 0.717) is 16.0 Å². The van der Waals surface area contributed by atoms with Crippen molar-refractivity contribution in [1.82, 2.24) is 5.43 Å². The third-order valence-electron chi connectivity index (χ3n) is 3.58. The summed E-state index contributed by atoms with van der Waals surface area (Å²) < 4.78 is 10.3. The van der Waals surface area contributed by atoms with Crippen molar-refractivity contribution in [3.8, 4) is 11.5 Å². The highest BCUT2D eigenvalue weighted by molar-refractivity contribution is 6.31. The third-order valence-corrected chi connectivity index (χ3v) is 3.81. The minimum Gasteiger partial charge on any atom is -0.500 e. The molecule has 27 heavy (non-hydrogen) atoms. The van der Waals surface area contributed by atoms with Crippen molar-refractivity contribution < 1.29 is 24.0 Å². The Labute approximate surface area is 157 Å². The minimum absolute atomic E-state index is 0.0266.